The second kappa shape index (κ2) is 36.0. The summed E-state index contributed by atoms with van der Waals surface area (Å²) in [5.41, 5.74) is 34.5. The van der Waals surface area contributed by atoms with Crippen LogP contribution < -0.4 is 9.80 Å². The highest BCUT2D eigenvalue weighted by molar-refractivity contribution is 7.26. The van der Waals surface area contributed by atoms with Crippen molar-refractivity contribution in [2.45, 2.75) is 10.8 Å². The molecule has 660 valence electrons. The lowest BCUT2D eigenvalue weighted by Crippen LogP contribution is -2.30. The quantitative estimate of drug-likeness (QED) is 0.0712. The molecule has 6 heteroatoms. The molecular weight excluding hydrogens is 1720 g/mol. The summed E-state index contributed by atoms with van der Waals surface area (Å²) in [6.45, 7) is 0. The van der Waals surface area contributed by atoms with Gasteiger partial charge in [0.1, 0.15) is 33.5 Å². The van der Waals surface area contributed by atoms with Gasteiger partial charge in [0.25, 0.3) is 0 Å². The molecule has 0 unspecified atom stereocenters. The molecule has 5 nitrogen and oxygen atoms in total. The van der Waals surface area contributed by atoms with Crippen molar-refractivity contribution in [2.24, 2.45) is 0 Å². The van der Waals surface area contributed by atoms with Crippen LogP contribution in [0.2, 0.25) is 0 Å². The third-order valence-corrected chi connectivity index (χ3v) is 29.3. The van der Waals surface area contributed by atoms with E-state index < -0.39 is 10.8 Å². The van der Waals surface area contributed by atoms with E-state index in [1.165, 1.54) is 75.8 Å². The van der Waals surface area contributed by atoms with Crippen molar-refractivity contribution < 1.29 is 13.3 Å². The zero-order valence-corrected chi connectivity index (χ0v) is 77.3. The first-order valence-corrected chi connectivity index (χ1v) is 48.6. The molecule has 0 aliphatic rings. The zero-order valence-electron chi connectivity index (χ0n) is 76.5. The Morgan fingerprint density at radius 2 is 0.393 bits per heavy atom. The molecule has 4 heterocycles. The minimum atomic E-state index is -0.501. The maximum absolute atomic E-state index is 6.21. The minimum absolute atomic E-state index is 0.501. The number of fused-ring (bicyclic) bond motifs is 12. The summed E-state index contributed by atoms with van der Waals surface area (Å²) >= 11 is 1.87. The van der Waals surface area contributed by atoms with Crippen LogP contribution in [0.25, 0.3) is 153 Å². The van der Waals surface area contributed by atoms with E-state index in [4.69, 9.17) is 13.3 Å². The molecule has 140 heavy (non-hydrogen) atoms. The van der Waals surface area contributed by atoms with E-state index in [1.54, 1.807) is 0 Å². The van der Waals surface area contributed by atoms with Crippen molar-refractivity contribution in [3.05, 3.63) is 590 Å². The maximum Gasteiger partial charge on any atom is 0.135 e. The Morgan fingerprint density at radius 1 is 0.150 bits per heavy atom. The maximum atomic E-state index is 6.21. The van der Waals surface area contributed by atoms with Crippen molar-refractivity contribution in [1.82, 2.24) is 0 Å². The Labute approximate surface area is 816 Å². The highest BCUT2D eigenvalue weighted by Gasteiger charge is 2.40. The molecular formula is C134H90N2O3S. The van der Waals surface area contributed by atoms with E-state index in [0.29, 0.717) is 0 Å². The number of para-hydroxylation sites is 3. The van der Waals surface area contributed by atoms with Gasteiger partial charge in [-0.3, -0.25) is 0 Å². The monoisotopic (exact) mass is 1810 g/mol. The van der Waals surface area contributed by atoms with Crippen LogP contribution in [0.3, 0.4) is 0 Å². The fourth-order valence-corrected chi connectivity index (χ4v) is 22.6. The molecule has 0 saturated heterocycles. The predicted molar refractivity (Wildman–Crippen MR) is 586 cm³/mol. The third-order valence-electron chi connectivity index (χ3n) is 28.1. The first-order valence-electron chi connectivity index (χ1n) is 47.8. The lowest BCUT2D eigenvalue weighted by atomic mass is 9.65. The number of benzene rings is 22. The summed E-state index contributed by atoms with van der Waals surface area (Å²) in [5.74, 6) is 0. The molecule has 0 N–H and O–H groups in total. The van der Waals surface area contributed by atoms with Crippen molar-refractivity contribution >= 4 is 131 Å². The minimum Gasteiger partial charge on any atom is -0.456 e. The summed E-state index contributed by atoms with van der Waals surface area (Å²) in [6.07, 6.45) is 0. The van der Waals surface area contributed by atoms with E-state index in [0.717, 1.165) is 156 Å². The molecule has 0 aliphatic heterocycles. The Hall–Kier alpha value is -17.9. The Kier molecular flexibility index (Phi) is 21.6. The molecule has 22 aromatic carbocycles. The van der Waals surface area contributed by atoms with Crippen LogP contribution in [0.4, 0.5) is 34.1 Å². The summed E-state index contributed by atoms with van der Waals surface area (Å²) < 4.78 is 21.1. The van der Waals surface area contributed by atoms with Gasteiger partial charge in [0.15, 0.2) is 0 Å². The standard InChI is InChI=1S/C67H45NO2.C67H45NOS/c1-4-14-52(15-5-1)67(53-16-6-2-7-17-53,54-18-8-3-9-19-54)55-34-24-46(25-35-55)47-26-36-56(37-27-47)68(57-38-28-48(29-39-57)50-32-42-65-61(44-50)59-20-10-12-22-63(59)69-65)58-40-30-49(31-41-58)51-33-43-66-62(45-51)60-21-11-13-23-64(60)70-66;1-4-17-51(18-5-1)67(52-19-6-2-7-20-52,53-21-8-3-9-22-53)54-37-30-46(31-38-54)47-32-39-55(40-33-47)68(56-41-34-48(35-42-56)58-26-15-27-61-60-25-11-13-29-65(60)70-66(58)61)57-23-14-16-49(44-57)50-36-43-64-62(45-50)59-24-10-12-28-63(59)69-64/h2*1-45H. The molecule has 26 aromatic rings. The van der Waals surface area contributed by atoms with Gasteiger partial charge in [-0.1, -0.05) is 413 Å². The first-order chi connectivity index (χ1) is 69.4. The van der Waals surface area contributed by atoms with Crippen LogP contribution in [-0.4, -0.2) is 0 Å². The second-order valence-corrected chi connectivity index (χ2v) is 37.1. The average Bonchev–Trinajstić information content (AvgIpc) is 0.787. The van der Waals surface area contributed by atoms with Crippen LogP contribution >= 0.6 is 11.3 Å². The van der Waals surface area contributed by atoms with Gasteiger partial charge in [-0.05, 0) is 245 Å². The van der Waals surface area contributed by atoms with E-state index in [2.05, 4.69) is 519 Å². The third kappa shape index (κ3) is 15.2. The Balaban J connectivity index is 0.000000148. The Morgan fingerprint density at radius 3 is 0.743 bits per heavy atom. The van der Waals surface area contributed by atoms with Crippen LogP contribution in [-0.2, 0) is 10.8 Å². The van der Waals surface area contributed by atoms with Gasteiger partial charge in [-0.2, -0.15) is 0 Å². The fraction of sp³-hybridized carbons (Fsp3) is 0.0149. The molecule has 0 saturated carbocycles. The van der Waals surface area contributed by atoms with E-state index >= 15 is 0 Å². The smallest absolute Gasteiger partial charge is 0.135 e. The second-order valence-electron chi connectivity index (χ2n) is 36.0. The summed E-state index contributed by atoms with van der Waals surface area (Å²) in [7, 11) is 0. The lowest BCUT2D eigenvalue weighted by Gasteiger charge is -2.37. The molecule has 4 aromatic heterocycles. The molecule has 0 amide bonds. The topological polar surface area (TPSA) is 45.9 Å². The van der Waals surface area contributed by atoms with E-state index in [1.807, 2.05) is 47.7 Å². The van der Waals surface area contributed by atoms with E-state index in [9.17, 15) is 0 Å². The normalized spacial score (nSPS) is 11.7. The Bertz CT molecular complexity index is 8620. The average molecular weight is 1810 g/mol. The summed E-state index contributed by atoms with van der Waals surface area (Å²) in [4.78, 5) is 4.72. The SMILES string of the molecule is c1ccc(C(c2ccccc2)(c2ccccc2)c2ccc(-c3ccc(N(c4ccc(-c5ccc6oc7ccccc7c6c5)cc4)c4ccc(-c5ccc6oc7ccccc7c6c5)cc4)cc3)cc2)cc1.c1ccc(C(c2ccccc2)(c2ccccc2)c2ccc(-c3ccc(N(c4ccc(-c5cccc6c5sc5ccccc56)cc4)c4cccc(-c5ccc6oc7ccccc7c6c5)c4)cc3)cc2)cc1. The number of anilines is 6. The molecule has 26 rings (SSSR count). The van der Waals surface area contributed by atoms with Gasteiger partial charge in [0, 0.05) is 86.6 Å². The van der Waals surface area contributed by atoms with Crippen molar-refractivity contribution in [3.63, 3.8) is 0 Å². The van der Waals surface area contributed by atoms with Crippen molar-refractivity contribution in [3.8, 4) is 66.8 Å². The number of rotatable bonds is 20. The van der Waals surface area contributed by atoms with Crippen LogP contribution in [0.15, 0.2) is 559 Å². The van der Waals surface area contributed by atoms with Gasteiger partial charge in [0.2, 0.25) is 0 Å². The molecule has 0 fully saturated rings. The summed E-state index contributed by atoms with van der Waals surface area (Å²) in [5, 5.41) is 9.36. The van der Waals surface area contributed by atoms with E-state index in [-0.39, 0.29) is 0 Å². The number of hydrogen-bond acceptors (Lipinski definition) is 6. The van der Waals surface area contributed by atoms with Gasteiger partial charge < -0.3 is 23.1 Å². The highest BCUT2D eigenvalue weighted by Crippen LogP contribution is 2.51. The zero-order chi connectivity index (χ0) is 92.9. The molecule has 0 atom stereocenters. The molecule has 0 radical (unpaired) electrons. The van der Waals surface area contributed by atoms with Crippen LogP contribution in [0.5, 0.6) is 0 Å². The van der Waals surface area contributed by atoms with Gasteiger partial charge in [-0.15, -0.1) is 11.3 Å². The van der Waals surface area contributed by atoms with Gasteiger partial charge in [0.05, 0.1) is 10.8 Å². The first kappa shape index (κ1) is 83.9. The molecule has 0 spiro atoms. The lowest BCUT2D eigenvalue weighted by molar-refractivity contribution is 0.668. The van der Waals surface area contributed by atoms with Gasteiger partial charge >= 0.3 is 0 Å². The number of furan rings is 3. The summed E-state index contributed by atoms with van der Waals surface area (Å²) in [6, 6.07) is 197. The van der Waals surface area contributed by atoms with Crippen molar-refractivity contribution in [2.75, 3.05) is 9.80 Å². The van der Waals surface area contributed by atoms with Crippen molar-refractivity contribution in [1.29, 1.82) is 0 Å². The fourth-order valence-electron chi connectivity index (χ4n) is 21.4. The van der Waals surface area contributed by atoms with Gasteiger partial charge in [-0.25, -0.2) is 0 Å². The molecule has 0 aliphatic carbocycles. The highest BCUT2D eigenvalue weighted by atomic mass is 32.1. The number of hydrogen-bond donors (Lipinski definition) is 0. The predicted octanol–water partition coefficient (Wildman–Crippen LogP) is 37.1. The number of nitrogens with zero attached hydrogens (tertiary/aromatic N) is 2. The largest absolute Gasteiger partial charge is 0.456 e. The van der Waals surface area contributed by atoms with Crippen LogP contribution in [0, 0.1) is 0 Å². The number of thiophene rings is 1. The van der Waals surface area contributed by atoms with Crippen LogP contribution in [0.1, 0.15) is 44.5 Å². The molecule has 0 bridgehead atoms.